The highest BCUT2D eigenvalue weighted by Crippen LogP contribution is 2.41. The minimum absolute atomic E-state index is 0.00382. The zero-order chi connectivity index (χ0) is 36.1. The Morgan fingerprint density at radius 1 is 1.15 bits per heavy atom. The van der Waals surface area contributed by atoms with E-state index in [-0.39, 0.29) is 47.1 Å². The lowest BCUT2D eigenvalue weighted by Crippen LogP contribution is -2.71. The monoisotopic (exact) mass is 732 g/mol. The molecule has 262 valence electrons. The number of carbonyl (C=O) groups is 6. The largest absolute Gasteiger partial charge is 0.490 e. The molecule has 0 saturated carbocycles. The molecule has 3 aliphatic rings. The van der Waals surface area contributed by atoms with Gasteiger partial charge in [0, 0.05) is 23.3 Å². The summed E-state index contributed by atoms with van der Waals surface area (Å²) in [6.07, 6.45) is -8.08. The third kappa shape index (κ3) is 9.36. The summed E-state index contributed by atoms with van der Waals surface area (Å²) in [6.45, 7) is -2.40. The van der Waals surface area contributed by atoms with E-state index in [4.69, 9.17) is 20.7 Å². The number of oxime groups is 1. The molecule has 3 aliphatic heterocycles. The lowest BCUT2D eigenvalue weighted by molar-refractivity contribution is -0.192. The molecular formula is C24H22F6N6O10S2. The lowest BCUT2D eigenvalue weighted by atomic mass is 9.98. The van der Waals surface area contributed by atoms with Crippen molar-refractivity contribution in [2.24, 2.45) is 5.16 Å². The molecule has 0 unspecified atom stereocenters. The van der Waals surface area contributed by atoms with Crippen LogP contribution in [-0.4, -0.2) is 121 Å². The molecule has 3 amide bonds. The summed E-state index contributed by atoms with van der Waals surface area (Å²) in [6, 6.07) is -1.21. The van der Waals surface area contributed by atoms with Gasteiger partial charge in [0.25, 0.3) is 11.8 Å². The molecular weight excluding hydrogens is 710 g/mol. The topological polar surface area (TPSA) is 242 Å². The average molecular weight is 733 g/mol. The standard InChI is InChI=1S/C22H21F3N6O8S2.C2HF3O2/c23-22(24,25)8-30-3-1-2-9(17(30)35)4-10-6-40-19-14(18(36)31(19)15(10)20(37)38)28-16(34)13(29-39-5-12(32)33)11-7-41-21(26)27-11;3-2(4,5)1(6)7/h4,7,14,19H,1-3,5-6,8H2,(H2,26,27)(H,28,34)(H,32,33)(H,37,38);(H,6,7)/t14-,19-;/m1./s1. The number of fused-ring (bicyclic) bond motifs is 1. The Balaban J connectivity index is 0.000000804. The highest BCUT2D eigenvalue weighted by atomic mass is 32.2. The van der Waals surface area contributed by atoms with Crippen LogP contribution in [0.2, 0.25) is 0 Å². The van der Waals surface area contributed by atoms with Gasteiger partial charge in [0.2, 0.25) is 12.5 Å². The number of piperidine rings is 1. The van der Waals surface area contributed by atoms with Crippen LogP contribution in [-0.2, 0) is 33.6 Å². The molecule has 0 aromatic carbocycles. The van der Waals surface area contributed by atoms with Gasteiger partial charge in [-0.2, -0.15) is 26.3 Å². The Hall–Kier alpha value is -4.87. The van der Waals surface area contributed by atoms with E-state index < -0.39 is 84.0 Å². The lowest BCUT2D eigenvalue weighted by Gasteiger charge is -2.49. The van der Waals surface area contributed by atoms with Crippen LogP contribution in [0.25, 0.3) is 0 Å². The number of carboxylic acids is 3. The predicted octanol–water partition coefficient (Wildman–Crippen LogP) is 1.01. The summed E-state index contributed by atoms with van der Waals surface area (Å²) in [5.74, 6) is -8.28. The van der Waals surface area contributed by atoms with Gasteiger partial charge in [0.05, 0.1) is 0 Å². The van der Waals surface area contributed by atoms with Gasteiger partial charge in [0.1, 0.15) is 29.4 Å². The molecule has 0 aliphatic carbocycles. The van der Waals surface area contributed by atoms with Gasteiger partial charge in [-0.25, -0.2) is 19.4 Å². The fourth-order valence-corrected chi connectivity index (χ4v) is 6.15. The Morgan fingerprint density at radius 3 is 2.31 bits per heavy atom. The number of carboxylic acid groups (broad SMARTS) is 3. The molecule has 1 aromatic rings. The van der Waals surface area contributed by atoms with E-state index in [2.05, 4.69) is 20.3 Å². The number of nitrogens with one attached hydrogen (secondary N) is 1. The van der Waals surface area contributed by atoms with Crippen LogP contribution in [0.15, 0.2) is 33.5 Å². The Labute approximate surface area is 271 Å². The van der Waals surface area contributed by atoms with E-state index in [0.29, 0.717) is 4.90 Å². The quantitative estimate of drug-likeness (QED) is 0.0784. The van der Waals surface area contributed by atoms with Gasteiger partial charge in [-0.15, -0.1) is 23.1 Å². The molecule has 2 fully saturated rings. The maximum Gasteiger partial charge on any atom is 0.490 e. The zero-order valence-electron chi connectivity index (χ0n) is 23.7. The number of thiazole rings is 1. The van der Waals surface area contributed by atoms with Gasteiger partial charge >= 0.3 is 30.3 Å². The molecule has 4 heterocycles. The molecule has 1 aromatic heterocycles. The van der Waals surface area contributed by atoms with Gasteiger partial charge in [0.15, 0.2) is 10.8 Å². The number of alkyl halides is 6. The number of hydrogen-bond donors (Lipinski definition) is 5. The second-order valence-corrected chi connectivity index (χ2v) is 11.6. The first-order valence-corrected chi connectivity index (χ1v) is 14.9. The van der Waals surface area contributed by atoms with Crippen molar-refractivity contribution >= 4 is 69.6 Å². The Bertz CT molecular complexity index is 1590. The van der Waals surface area contributed by atoms with E-state index >= 15 is 0 Å². The van der Waals surface area contributed by atoms with Crippen LogP contribution in [0.4, 0.5) is 31.5 Å². The van der Waals surface area contributed by atoms with Crippen LogP contribution in [0.3, 0.4) is 0 Å². The summed E-state index contributed by atoms with van der Waals surface area (Å²) < 4.78 is 70.3. The number of rotatable bonds is 9. The first-order chi connectivity index (χ1) is 22.2. The number of aliphatic carboxylic acids is 3. The van der Waals surface area contributed by atoms with Crippen molar-refractivity contribution in [2.75, 3.05) is 31.2 Å². The summed E-state index contributed by atoms with van der Waals surface area (Å²) in [5.41, 5.74) is 4.68. The molecule has 0 radical (unpaired) electrons. The third-order valence-corrected chi connectivity index (χ3v) is 8.18. The molecule has 48 heavy (non-hydrogen) atoms. The molecule has 4 rings (SSSR count). The predicted molar refractivity (Wildman–Crippen MR) is 150 cm³/mol. The average Bonchev–Trinajstić information content (AvgIpc) is 3.40. The first-order valence-electron chi connectivity index (χ1n) is 12.9. The fraction of sp³-hybridized carbons (Fsp3) is 0.417. The number of amides is 3. The summed E-state index contributed by atoms with van der Waals surface area (Å²) >= 11 is 2.03. The van der Waals surface area contributed by atoms with Gasteiger partial charge in [-0.05, 0) is 24.5 Å². The van der Waals surface area contributed by atoms with E-state index in [1.807, 2.05) is 0 Å². The molecule has 2 atom stereocenters. The number of halogens is 6. The summed E-state index contributed by atoms with van der Waals surface area (Å²) in [7, 11) is 0. The van der Waals surface area contributed by atoms with Gasteiger partial charge in [-0.1, -0.05) is 5.16 Å². The van der Waals surface area contributed by atoms with Crippen LogP contribution in [0.5, 0.6) is 0 Å². The molecule has 0 bridgehead atoms. The fourth-order valence-electron chi connectivity index (χ4n) is 4.30. The maximum atomic E-state index is 13.0. The van der Waals surface area contributed by atoms with Crippen LogP contribution >= 0.6 is 23.1 Å². The van der Waals surface area contributed by atoms with Crippen molar-refractivity contribution < 1.29 is 75.3 Å². The number of anilines is 1. The number of nitrogens with two attached hydrogens (primary N) is 1. The number of nitrogen functional groups attached to an aromatic ring is 1. The highest BCUT2D eigenvalue weighted by Gasteiger charge is 2.54. The normalized spacial score (nSPS) is 20.8. The van der Waals surface area contributed by atoms with Crippen molar-refractivity contribution in [3.8, 4) is 0 Å². The van der Waals surface area contributed by atoms with E-state index in [1.54, 1.807) is 0 Å². The smallest absolute Gasteiger partial charge is 0.479 e. The van der Waals surface area contributed by atoms with E-state index in [0.717, 1.165) is 28.0 Å². The van der Waals surface area contributed by atoms with Crippen molar-refractivity contribution in [3.63, 3.8) is 0 Å². The molecule has 24 heteroatoms. The van der Waals surface area contributed by atoms with Crippen LogP contribution in [0, 0.1) is 0 Å². The number of likely N-dealkylation sites (tertiary alicyclic amines) is 1. The van der Waals surface area contributed by atoms with E-state index in [9.17, 15) is 55.4 Å². The van der Waals surface area contributed by atoms with Gasteiger partial charge < -0.3 is 36.1 Å². The van der Waals surface area contributed by atoms with Crippen LogP contribution in [0.1, 0.15) is 18.5 Å². The Kier molecular flexibility index (Phi) is 11.7. The van der Waals surface area contributed by atoms with Crippen molar-refractivity contribution in [1.82, 2.24) is 20.1 Å². The molecule has 2 saturated heterocycles. The number of thioether (sulfide) groups is 1. The SMILES string of the molecule is Nc1nc(C(=NOCC(=O)O)C(=O)N[C@@H]2C(=O)N3C(C(=O)O)=C(C=C4CCCN(CC(F)(F)F)C4=O)CS[C@H]23)cs1.O=C(O)C(F)(F)F. The minimum Gasteiger partial charge on any atom is -0.479 e. The van der Waals surface area contributed by atoms with Crippen LogP contribution < -0.4 is 11.1 Å². The van der Waals surface area contributed by atoms with Crippen molar-refractivity contribution in [3.05, 3.63) is 34.0 Å². The number of β-lactam (4-membered cyclic amide) rings is 1. The zero-order valence-corrected chi connectivity index (χ0v) is 25.3. The van der Waals surface area contributed by atoms with Gasteiger partial charge in [-0.3, -0.25) is 19.3 Å². The molecule has 0 spiro atoms. The molecule has 16 nitrogen and oxygen atoms in total. The number of aromatic nitrogens is 1. The Morgan fingerprint density at radius 2 is 1.79 bits per heavy atom. The molecule has 6 N–H and O–H groups in total. The summed E-state index contributed by atoms with van der Waals surface area (Å²) in [5, 5.41) is 32.2. The maximum absolute atomic E-state index is 13.0. The minimum atomic E-state index is -5.08. The number of allylic oxidation sites excluding steroid dienone is 1. The van der Waals surface area contributed by atoms with Crippen molar-refractivity contribution in [2.45, 2.75) is 36.6 Å². The number of carbonyl (C=O) groups excluding carboxylic acids is 3. The number of hydrogen-bond acceptors (Lipinski definition) is 12. The second kappa shape index (κ2) is 14.9. The van der Waals surface area contributed by atoms with Crippen molar-refractivity contribution in [1.29, 1.82) is 0 Å². The van der Waals surface area contributed by atoms with E-state index in [1.165, 1.54) is 11.5 Å². The number of nitrogens with zero attached hydrogens (tertiary/aromatic N) is 4. The first kappa shape index (κ1) is 37.6. The second-order valence-electron chi connectivity index (χ2n) is 9.64. The summed E-state index contributed by atoms with van der Waals surface area (Å²) in [4.78, 5) is 80.5. The highest BCUT2D eigenvalue weighted by molar-refractivity contribution is 8.00. The third-order valence-electron chi connectivity index (χ3n) is 6.21.